The molecule has 28 heavy (non-hydrogen) atoms. The lowest BCUT2D eigenvalue weighted by atomic mass is 9.83. The van der Waals surface area contributed by atoms with E-state index in [1.807, 2.05) is 0 Å². The zero-order valence-corrected chi connectivity index (χ0v) is 14.8. The second-order valence-corrected chi connectivity index (χ2v) is 5.84. The van der Waals surface area contributed by atoms with Crippen molar-refractivity contribution in [2.45, 2.75) is 13.0 Å². The van der Waals surface area contributed by atoms with Crippen LogP contribution in [0.2, 0.25) is 6.82 Å². The molecule has 0 aliphatic carbocycles. The number of aromatic amines is 1. The molecule has 0 fully saturated rings. The second kappa shape index (κ2) is 7.39. The van der Waals surface area contributed by atoms with E-state index < -0.39 is 24.5 Å². The topological polar surface area (TPSA) is 107 Å². The minimum atomic E-state index is -4.48. The van der Waals surface area contributed by atoms with Gasteiger partial charge in [0.1, 0.15) is 5.82 Å². The van der Waals surface area contributed by atoms with Crippen LogP contribution in [0, 0.1) is 0 Å². The van der Waals surface area contributed by atoms with Gasteiger partial charge in [-0.1, -0.05) is 5.16 Å². The number of aromatic nitrogens is 3. The largest absolute Gasteiger partial charge is 0.439 e. The standard InChI is InChI=1S/C16H15BF3N5O3/c1-17(27)25(11-5-3-9(4-6-11)16(18,19)20)14-12(7-10(21-2)8-22-14)13-23-15(26)28-24-13/h3-8,21,27H,1-2H3,(H,23,24,26). The van der Waals surface area contributed by atoms with Crippen LogP contribution < -0.4 is 15.9 Å². The fraction of sp³-hybridized carbons (Fsp3) is 0.188. The predicted molar refractivity (Wildman–Crippen MR) is 97.3 cm³/mol. The molecule has 3 aromatic rings. The zero-order chi connectivity index (χ0) is 20.5. The van der Waals surface area contributed by atoms with Gasteiger partial charge in [-0.05, 0) is 37.2 Å². The smallest absolute Gasteiger partial charge is 0.432 e. The average molecular weight is 393 g/mol. The van der Waals surface area contributed by atoms with Crippen molar-refractivity contribution in [3.05, 3.63) is 52.6 Å². The first kappa shape index (κ1) is 19.5. The molecular weight excluding hydrogens is 378 g/mol. The third-order valence-corrected chi connectivity index (χ3v) is 3.93. The van der Waals surface area contributed by atoms with Crippen LogP contribution in [-0.2, 0) is 6.18 Å². The van der Waals surface area contributed by atoms with Crippen LogP contribution in [0.5, 0.6) is 0 Å². The molecule has 0 aliphatic heterocycles. The van der Waals surface area contributed by atoms with Gasteiger partial charge in [0.2, 0.25) is 0 Å². The number of H-pyrrole nitrogens is 1. The quantitative estimate of drug-likeness (QED) is 0.573. The number of nitrogens with zero attached hydrogens (tertiary/aromatic N) is 3. The number of rotatable bonds is 5. The van der Waals surface area contributed by atoms with Gasteiger partial charge in [0, 0.05) is 12.7 Å². The summed E-state index contributed by atoms with van der Waals surface area (Å²) in [6, 6.07) is 5.86. The molecule has 0 aliphatic rings. The van der Waals surface area contributed by atoms with E-state index in [1.54, 1.807) is 13.1 Å². The van der Waals surface area contributed by atoms with E-state index in [0.29, 0.717) is 11.3 Å². The summed E-state index contributed by atoms with van der Waals surface area (Å²) in [6.07, 6.45) is -3.01. The highest BCUT2D eigenvalue weighted by molar-refractivity contribution is 6.56. The third-order valence-electron chi connectivity index (χ3n) is 3.93. The Morgan fingerprint density at radius 3 is 2.46 bits per heavy atom. The van der Waals surface area contributed by atoms with Crippen molar-refractivity contribution in [1.29, 1.82) is 0 Å². The van der Waals surface area contributed by atoms with Gasteiger partial charge in [-0.3, -0.25) is 9.51 Å². The van der Waals surface area contributed by atoms with Crippen molar-refractivity contribution in [3.63, 3.8) is 0 Å². The van der Waals surface area contributed by atoms with Crippen LogP contribution in [0.4, 0.5) is 30.4 Å². The Balaban J connectivity index is 2.14. The summed E-state index contributed by atoms with van der Waals surface area (Å²) in [5, 5.41) is 16.8. The number of halogens is 3. The van der Waals surface area contributed by atoms with Crippen LogP contribution in [0.15, 0.2) is 45.8 Å². The molecular formula is C16H15BF3N5O3. The minimum absolute atomic E-state index is 0.0576. The highest BCUT2D eigenvalue weighted by Gasteiger charge is 2.31. The summed E-state index contributed by atoms with van der Waals surface area (Å²) in [4.78, 5) is 19.3. The molecule has 3 rings (SSSR count). The summed E-state index contributed by atoms with van der Waals surface area (Å²) in [6.45, 7) is 1.43. The van der Waals surface area contributed by atoms with E-state index in [0.717, 1.165) is 12.1 Å². The number of alkyl halides is 3. The maximum Gasteiger partial charge on any atom is 0.439 e. The van der Waals surface area contributed by atoms with Crippen molar-refractivity contribution in [2.75, 3.05) is 17.2 Å². The Morgan fingerprint density at radius 2 is 1.96 bits per heavy atom. The first-order valence-corrected chi connectivity index (χ1v) is 8.09. The van der Waals surface area contributed by atoms with Gasteiger partial charge in [0.25, 0.3) is 0 Å². The summed E-state index contributed by atoms with van der Waals surface area (Å²) in [5.74, 6) is -0.561. The van der Waals surface area contributed by atoms with Gasteiger partial charge >= 0.3 is 19.0 Å². The molecule has 1 aromatic carbocycles. The fourth-order valence-electron chi connectivity index (χ4n) is 2.63. The first-order chi connectivity index (χ1) is 13.2. The van der Waals surface area contributed by atoms with Crippen LogP contribution in [0.3, 0.4) is 0 Å². The molecule has 0 spiro atoms. The normalized spacial score (nSPS) is 11.4. The SMILES string of the molecule is CNc1cnc(N(B(C)O)c2ccc(C(F)(F)F)cc2)c(-c2noc(=O)[nH]2)c1. The minimum Gasteiger partial charge on any atom is -0.432 e. The van der Waals surface area contributed by atoms with Crippen LogP contribution >= 0.6 is 0 Å². The van der Waals surface area contributed by atoms with E-state index in [1.165, 1.54) is 30.0 Å². The number of benzene rings is 1. The molecule has 0 bridgehead atoms. The molecule has 12 heteroatoms. The van der Waals surface area contributed by atoms with E-state index in [4.69, 9.17) is 0 Å². The molecule has 8 nitrogen and oxygen atoms in total. The van der Waals surface area contributed by atoms with Crippen molar-refractivity contribution in [3.8, 4) is 11.4 Å². The Kier molecular flexibility index (Phi) is 5.14. The molecule has 2 heterocycles. The Hall–Kier alpha value is -3.28. The summed E-state index contributed by atoms with van der Waals surface area (Å²) < 4.78 is 43.0. The highest BCUT2D eigenvalue weighted by Crippen LogP contribution is 2.36. The molecule has 3 N–H and O–H groups in total. The average Bonchev–Trinajstić information content (AvgIpc) is 3.08. The molecule has 0 radical (unpaired) electrons. The van der Waals surface area contributed by atoms with Gasteiger partial charge in [-0.25, -0.2) is 9.78 Å². The number of hydrogen-bond donors (Lipinski definition) is 3. The van der Waals surface area contributed by atoms with Crippen molar-refractivity contribution in [1.82, 2.24) is 15.1 Å². The van der Waals surface area contributed by atoms with E-state index in [-0.39, 0.29) is 17.3 Å². The Bertz CT molecular complexity index is 1020. The van der Waals surface area contributed by atoms with Crippen molar-refractivity contribution >= 4 is 24.2 Å². The summed E-state index contributed by atoms with van der Waals surface area (Å²) in [5.41, 5.74) is 0.334. The van der Waals surface area contributed by atoms with Crippen molar-refractivity contribution in [2.24, 2.45) is 0 Å². The van der Waals surface area contributed by atoms with Gasteiger partial charge in [0.05, 0.1) is 23.0 Å². The van der Waals surface area contributed by atoms with E-state index in [9.17, 15) is 23.0 Å². The molecule has 0 unspecified atom stereocenters. The number of hydrogen-bond acceptors (Lipinski definition) is 7. The van der Waals surface area contributed by atoms with Gasteiger partial charge in [-0.15, -0.1) is 0 Å². The van der Waals surface area contributed by atoms with Gasteiger partial charge in [-0.2, -0.15) is 13.2 Å². The maximum atomic E-state index is 12.8. The van der Waals surface area contributed by atoms with Crippen LogP contribution in [0.25, 0.3) is 11.4 Å². The molecule has 0 saturated carbocycles. The zero-order valence-electron chi connectivity index (χ0n) is 14.8. The molecule has 2 aromatic heterocycles. The number of pyridine rings is 1. The molecule has 0 atom stereocenters. The second-order valence-electron chi connectivity index (χ2n) is 5.84. The van der Waals surface area contributed by atoms with Crippen molar-refractivity contribution < 1.29 is 22.7 Å². The van der Waals surface area contributed by atoms with E-state index >= 15 is 0 Å². The molecule has 0 saturated heterocycles. The Labute approximate surface area is 157 Å². The lowest BCUT2D eigenvalue weighted by Gasteiger charge is -2.27. The van der Waals surface area contributed by atoms with Crippen LogP contribution in [0.1, 0.15) is 5.56 Å². The molecule has 0 amide bonds. The fourth-order valence-corrected chi connectivity index (χ4v) is 2.63. The maximum absolute atomic E-state index is 12.8. The lowest BCUT2D eigenvalue weighted by Crippen LogP contribution is -2.34. The van der Waals surface area contributed by atoms with E-state index in [2.05, 4.69) is 25.0 Å². The number of nitrogens with one attached hydrogen (secondary N) is 2. The monoisotopic (exact) mass is 393 g/mol. The summed E-state index contributed by atoms with van der Waals surface area (Å²) >= 11 is 0. The highest BCUT2D eigenvalue weighted by atomic mass is 19.4. The van der Waals surface area contributed by atoms with Crippen LogP contribution in [-0.4, -0.2) is 34.2 Å². The summed E-state index contributed by atoms with van der Waals surface area (Å²) in [7, 11) is 0.510. The van der Waals surface area contributed by atoms with Gasteiger partial charge in [0.15, 0.2) is 5.82 Å². The predicted octanol–water partition coefficient (Wildman–Crippen LogP) is 2.73. The first-order valence-electron chi connectivity index (χ1n) is 8.09. The third kappa shape index (κ3) is 3.86. The Morgan fingerprint density at radius 1 is 1.29 bits per heavy atom. The lowest BCUT2D eigenvalue weighted by molar-refractivity contribution is -0.137. The number of anilines is 3. The molecule has 146 valence electrons. The van der Waals surface area contributed by atoms with Gasteiger partial charge < -0.3 is 15.2 Å².